The van der Waals surface area contributed by atoms with E-state index < -0.39 is 10.1 Å². The topological polar surface area (TPSA) is 54.4 Å². The van der Waals surface area contributed by atoms with Crippen LogP contribution in [0.15, 0.2) is 29.2 Å². The molecule has 0 bridgehead atoms. The quantitative estimate of drug-likeness (QED) is 0.664. The van der Waals surface area contributed by atoms with Gasteiger partial charge >= 0.3 is 0 Å². The summed E-state index contributed by atoms with van der Waals surface area (Å²) in [6.45, 7) is 1.84. The van der Waals surface area contributed by atoms with Crippen molar-refractivity contribution in [3.05, 3.63) is 29.8 Å². The van der Waals surface area contributed by atoms with E-state index in [2.05, 4.69) is 0 Å². The summed E-state index contributed by atoms with van der Waals surface area (Å²) in [5.41, 5.74) is 0.956. The largest absolute Gasteiger partial charge is 0.294 e. The summed E-state index contributed by atoms with van der Waals surface area (Å²) in [6, 6.07) is 5.99. The minimum atomic E-state index is -4.02. The molecule has 0 heterocycles. The van der Waals surface area contributed by atoms with E-state index in [-0.39, 0.29) is 4.90 Å². The first kappa shape index (κ1) is 14.7. The molecule has 1 aromatic rings. The van der Waals surface area contributed by atoms with Crippen molar-refractivity contribution >= 4 is 33.3 Å². The molecule has 0 aliphatic carbocycles. The Bertz CT molecular complexity index is 371. The Hall–Kier alpha value is -0.290. The maximum absolute atomic E-state index is 10.5. The highest BCUT2D eigenvalue weighted by Crippen LogP contribution is 2.08. The number of hydrogen-bond acceptors (Lipinski definition) is 2. The Morgan fingerprint density at radius 3 is 1.80 bits per heavy atom. The van der Waals surface area contributed by atoms with Crippen LogP contribution in [0.25, 0.3) is 0 Å². The van der Waals surface area contributed by atoms with Crippen molar-refractivity contribution in [2.45, 2.75) is 11.8 Å². The van der Waals surface area contributed by atoms with Crippen LogP contribution in [0.2, 0.25) is 0 Å². The number of rotatable bonds is 2. The monoisotopic (exact) mass is 270 g/mol. The van der Waals surface area contributed by atoms with Crippen LogP contribution in [0.3, 0.4) is 0 Å². The SMILES string of the molecule is Cc1ccc(S(=O)(=O)O)cc1.ClCCCl. The summed E-state index contributed by atoms with van der Waals surface area (Å²) < 4.78 is 29.6. The Labute approximate surface area is 99.8 Å². The van der Waals surface area contributed by atoms with E-state index in [4.69, 9.17) is 27.8 Å². The first-order chi connectivity index (χ1) is 6.91. The third-order valence-electron chi connectivity index (χ3n) is 1.39. The molecule has 0 saturated carbocycles. The minimum absolute atomic E-state index is 0.0666. The lowest BCUT2D eigenvalue weighted by molar-refractivity contribution is 0.483. The van der Waals surface area contributed by atoms with Crippen molar-refractivity contribution in [1.82, 2.24) is 0 Å². The summed E-state index contributed by atoms with van der Waals surface area (Å²) in [4.78, 5) is -0.0666. The molecule has 3 nitrogen and oxygen atoms in total. The molecule has 15 heavy (non-hydrogen) atoms. The van der Waals surface area contributed by atoms with Crippen molar-refractivity contribution in [2.75, 3.05) is 11.8 Å². The lowest BCUT2D eigenvalue weighted by Crippen LogP contribution is -1.96. The molecule has 0 radical (unpaired) electrons. The van der Waals surface area contributed by atoms with E-state index in [0.717, 1.165) is 5.56 Å². The summed E-state index contributed by atoms with van der Waals surface area (Å²) in [6.07, 6.45) is 0. The lowest BCUT2D eigenvalue weighted by atomic mass is 10.2. The fraction of sp³-hybridized carbons (Fsp3) is 0.333. The van der Waals surface area contributed by atoms with E-state index in [1.165, 1.54) is 12.1 Å². The van der Waals surface area contributed by atoms with Gasteiger partial charge in [0.1, 0.15) is 0 Å². The first-order valence-electron chi connectivity index (χ1n) is 4.08. The third kappa shape index (κ3) is 6.73. The predicted molar refractivity (Wildman–Crippen MR) is 62.4 cm³/mol. The zero-order valence-corrected chi connectivity index (χ0v) is 10.5. The van der Waals surface area contributed by atoms with Gasteiger partial charge in [-0.25, -0.2) is 0 Å². The molecule has 0 saturated heterocycles. The van der Waals surface area contributed by atoms with Crippen LogP contribution >= 0.6 is 23.2 Å². The van der Waals surface area contributed by atoms with Gasteiger partial charge in [-0.05, 0) is 19.1 Å². The van der Waals surface area contributed by atoms with Crippen LogP contribution in [0.4, 0.5) is 0 Å². The summed E-state index contributed by atoms with van der Waals surface area (Å²) in [7, 11) is -4.02. The summed E-state index contributed by atoms with van der Waals surface area (Å²) in [5, 5.41) is 0. The van der Waals surface area contributed by atoms with E-state index in [9.17, 15) is 8.42 Å². The van der Waals surface area contributed by atoms with Crippen LogP contribution in [-0.4, -0.2) is 24.7 Å². The average Bonchev–Trinajstić information content (AvgIpc) is 2.17. The second kappa shape index (κ2) is 7.06. The van der Waals surface area contributed by atoms with Crippen LogP contribution in [0, 0.1) is 6.92 Å². The molecule has 0 spiro atoms. The Morgan fingerprint density at radius 1 is 1.13 bits per heavy atom. The predicted octanol–water partition coefficient (Wildman–Crippen LogP) is 2.71. The summed E-state index contributed by atoms with van der Waals surface area (Å²) in [5.74, 6) is 1.11. The maximum atomic E-state index is 10.5. The molecule has 0 fully saturated rings. The first-order valence-corrected chi connectivity index (χ1v) is 6.59. The minimum Gasteiger partial charge on any atom is -0.282 e. The van der Waals surface area contributed by atoms with Crippen LogP contribution in [-0.2, 0) is 10.1 Å². The number of aryl methyl sites for hydroxylation is 1. The maximum Gasteiger partial charge on any atom is 0.294 e. The molecule has 0 unspecified atom stereocenters. The molecule has 1 N–H and O–H groups in total. The zero-order chi connectivity index (χ0) is 11.9. The molecular weight excluding hydrogens is 259 g/mol. The van der Waals surface area contributed by atoms with E-state index >= 15 is 0 Å². The van der Waals surface area contributed by atoms with Gasteiger partial charge in [0.15, 0.2) is 0 Å². The number of alkyl halides is 2. The van der Waals surface area contributed by atoms with Gasteiger partial charge < -0.3 is 0 Å². The van der Waals surface area contributed by atoms with Crippen molar-refractivity contribution in [2.24, 2.45) is 0 Å². The highest BCUT2D eigenvalue weighted by molar-refractivity contribution is 7.85. The van der Waals surface area contributed by atoms with E-state index in [1.54, 1.807) is 12.1 Å². The zero-order valence-electron chi connectivity index (χ0n) is 8.15. The molecule has 6 heteroatoms. The lowest BCUT2D eigenvalue weighted by Gasteiger charge is -1.95. The molecule has 1 aromatic carbocycles. The van der Waals surface area contributed by atoms with Crippen LogP contribution in [0.1, 0.15) is 5.56 Å². The van der Waals surface area contributed by atoms with Crippen molar-refractivity contribution in [3.8, 4) is 0 Å². The number of benzene rings is 1. The fourth-order valence-electron chi connectivity index (χ4n) is 0.710. The van der Waals surface area contributed by atoms with Gasteiger partial charge in [0.2, 0.25) is 0 Å². The van der Waals surface area contributed by atoms with Gasteiger partial charge in [-0.3, -0.25) is 4.55 Å². The van der Waals surface area contributed by atoms with Gasteiger partial charge in [-0.2, -0.15) is 8.42 Å². The van der Waals surface area contributed by atoms with Gasteiger partial charge in [0.05, 0.1) is 4.90 Å². The van der Waals surface area contributed by atoms with Gasteiger partial charge in [0, 0.05) is 11.8 Å². The molecule has 86 valence electrons. The van der Waals surface area contributed by atoms with Crippen molar-refractivity contribution in [1.29, 1.82) is 0 Å². The van der Waals surface area contributed by atoms with Crippen molar-refractivity contribution in [3.63, 3.8) is 0 Å². The van der Waals surface area contributed by atoms with Gasteiger partial charge in [0.25, 0.3) is 10.1 Å². The number of hydrogen-bond donors (Lipinski definition) is 1. The smallest absolute Gasteiger partial charge is 0.282 e. The Morgan fingerprint density at radius 2 is 1.53 bits per heavy atom. The molecule has 0 atom stereocenters. The highest BCUT2D eigenvalue weighted by Gasteiger charge is 2.06. The fourth-order valence-corrected chi connectivity index (χ4v) is 1.19. The summed E-state index contributed by atoms with van der Waals surface area (Å²) >= 11 is 10.1. The second-order valence-corrected chi connectivity index (χ2v) is 4.84. The van der Waals surface area contributed by atoms with Gasteiger partial charge in [-0.1, -0.05) is 17.7 Å². The highest BCUT2D eigenvalue weighted by atomic mass is 35.5. The van der Waals surface area contributed by atoms with E-state index in [1.807, 2.05) is 6.92 Å². The molecular formula is C9H12Cl2O3S. The van der Waals surface area contributed by atoms with Gasteiger partial charge in [-0.15, -0.1) is 23.2 Å². The molecule has 0 aromatic heterocycles. The van der Waals surface area contributed by atoms with Crippen molar-refractivity contribution < 1.29 is 13.0 Å². The average molecular weight is 271 g/mol. The van der Waals surface area contributed by atoms with E-state index in [0.29, 0.717) is 11.8 Å². The van der Waals surface area contributed by atoms with Crippen LogP contribution in [0.5, 0.6) is 0 Å². The Kier molecular flexibility index (Phi) is 6.92. The standard InChI is InChI=1S/C7H8O3S.C2H4Cl2/c1-6-2-4-7(5-3-6)11(8,9)10;3-1-2-4/h2-5H,1H3,(H,8,9,10);1-2H2. The third-order valence-corrected chi connectivity index (χ3v) is 2.83. The molecule has 0 amide bonds. The Balaban J connectivity index is 0.000000423. The molecule has 1 rings (SSSR count). The normalized spacial score (nSPS) is 10.4. The number of halogens is 2. The second-order valence-electron chi connectivity index (χ2n) is 2.67. The molecule has 0 aliphatic heterocycles. The van der Waals surface area contributed by atoms with Crippen LogP contribution < -0.4 is 0 Å². The molecule has 0 aliphatic rings.